The Morgan fingerprint density at radius 1 is 0.412 bits per heavy atom. The maximum absolute atomic E-state index is 2.52. The van der Waals surface area contributed by atoms with E-state index in [0.717, 1.165) is 0 Å². The molecule has 0 fully saturated rings. The Balaban J connectivity index is 2.41. The number of nitrogens with zero attached hydrogens (tertiary/aromatic N) is 1. The molecule has 294 valence electrons. The van der Waals surface area contributed by atoms with Gasteiger partial charge in [0.25, 0.3) is 0 Å². The lowest BCUT2D eigenvalue weighted by atomic mass is 9.58. The van der Waals surface area contributed by atoms with Gasteiger partial charge in [0.2, 0.25) is 0 Å². The number of allylic oxidation sites excluding steroid dienone is 6. The van der Waals surface area contributed by atoms with Gasteiger partial charge in [-0.15, -0.1) is 0 Å². The average molecular weight is 704 g/mol. The van der Waals surface area contributed by atoms with Crippen LogP contribution in [0, 0.1) is 0 Å². The molecule has 2 heteroatoms. The van der Waals surface area contributed by atoms with E-state index in [-0.39, 0.29) is 0 Å². The lowest BCUT2D eigenvalue weighted by Crippen LogP contribution is -2.33. The van der Waals surface area contributed by atoms with Gasteiger partial charge in [0.1, 0.15) is 0 Å². The van der Waals surface area contributed by atoms with Crippen LogP contribution in [0.15, 0.2) is 60.3 Å². The van der Waals surface area contributed by atoms with Gasteiger partial charge in [0.15, 0.2) is 0 Å². The van der Waals surface area contributed by atoms with Crippen molar-refractivity contribution in [2.45, 2.75) is 252 Å². The van der Waals surface area contributed by atoms with E-state index in [0.29, 0.717) is 6.85 Å². The van der Waals surface area contributed by atoms with Crippen LogP contribution in [0.2, 0.25) is 0 Å². The van der Waals surface area contributed by atoms with Gasteiger partial charge in [0.05, 0.1) is 0 Å². The average Bonchev–Trinajstić information content (AvgIpc) is 3.14. The van der Waals surface area contributed by atoms with E-state index < -0.39 is 0 Å². The van der Waals surface area contributed by atoms with E-state index >= 15 is 0 Å². The minimum absolute atomic E-state index is 0.331. The second kappa shape index (κ2) is 39.8. The molecule has 51 heavy (non-hydrogen) atoms. The molecule has 0 atom stereocenters. The smallest absolute Gasteiger partial charge is 0.312 e. The fraction of sp³-hybridized carbons (Fsp3) is 0.796. The Hall–Kier alpha value is -1.44. The van der Waals surface area contributed by atoms with E-state index in [1.54, 1.807) is 0 Å². The number of rotatable bonds is 39. The van der Waals surface area contributed by atoms with Crippen LogP contribution in [0.1, 0.15) is 252 Å². The summed E-state index contributed by atoms with van der Waals surface area (Å²) in [6.45, 7) is 7.26. The Bertz CT molecular complexity index is 850. The predicted octanol–water partition coefficient (Wildman–Crippen LogP) is 17.5. The molecule has 1 nitrogen and oxygen atoms in total. The highest BCUT2D eigenvalue weighted by molar-refractivity contribution is 6.67. The molecule has 0 saturated carbocycles. The molecule has 1 aliphatic rings. The standard InChI is InChI=1S/C49H90BN/c1-4-7-10-13-16-19-22-25-28-31-34-37-40-44-49-45-43-47-50(46-41-38-35-32-29-26-23-20-17-14-11-8-5-2)51(49)48-42-39-36-33-30-27-24-21-18-15-12-9-6-3/h40-48H,4-39H2,1-3H3/b44-40+,46-41+,48-42+. The molecule has 0 saturated heterocycles. The van der Waals surface area contributed by atoms with Crippen LogP contribution < -0.4 is 0 Å². The fourth-order valence-electron chi connectivity index (χ4n) is 7.51. The van der Waals surface area contributed by atoms with Crippen molar-refractivity contribution in [2.24, 2.45) is 0 Å². The van der Waals surface area contributed by atoms with E-state index in [4.69, 9.17) is 0 Å². The second-order valence-corrected chi connectivity index (χ2v) is 16.1. The second-order valence-electron chi connectivity index (χ2n) is 16.1. The van der Waals surface area contributed by atoms with Crippen molar-refractivity contribution in [1.29, 1.82) is 0 Å². The van der Waals surface area contributed by atoms with Crippen LogP contribution >= 0.6 is 0 Å². The van der Waals surface area contributed by atoms with E-state index in [9.17, 15) is 0 Å². The molecule has 1 heterocycles. The van der Waals surface area contributed by atoms with Gasteiger partial charge in [-0.1, -0.05) is 250 Å². The molecule has 0 radical (unpaired) electrons. The summed E-state index contributed by atoms with van der Waals surface area (Å²) in [5.41, 5.74) is 1.35. The highest BCUT2D eigenvalue weighted by atomic mass is 15.0. The molecule has 0 aliphatic carbocycles. The van der Waals surface area contributed by atoms with E-state index in [1.165, 1.54) is 237 Å². The zero-order chi connectivity index (χ0) is 36.6. The zero-order valence-corrected chi connectivity index (χ0v) is 35.2. The van der Waals surface area contributed by atoms with Crippen molar-refractivity contribution in [3.63, 3.8) is 0 Å². The van der Waals surface area contributed by atoms with Crippen molar-refractivity contribution < 1.29 is 0 Å². The Morgan fingerprint density at radius 2 is 0.745 bits per heavy atom. The lowest BCUT2D eigenvalue weighted by molar-refractivity contribution is 0.550. The van der Waals surface area contributed by atoms with Crippen molar-refractivity contribution in [1.82, 2.24) is 4.81 Å². The maximum Gasteiger partial charge on any atom is 0.312 e. The quantitative estimate of drug-likeness (QED) is 0.0455. The summed E-state index contributed by atoms with van der Waals surface area (Å²) in [5, 5.41) is 0. The van der Waals surface area contributed by atoms with Gasteiger partial charge < -0.3 is 4.81 Å². The van der Waals surface area contributed by atoms with Crippen LogP contribution in [0.25, 0.3) is 0 Å². The zero-order valence-electron chi connectivity index (χ0n) is 35.2. The van der Waals surface area contributed by atoms with Gasteiger partial charge in [-0.25, -0.2) is 0 Å². The third kappa shape index (κ3) is 31.8. The summed E-state index contributed by atoms with van der Waals surface area (Å²) < 4.78 is 0. The Kier molecular flexibility index (Phi) is 37.1. The molecule has 1 rings (SSSR count). The first-order valence-electron chi connectivity index (χ1n) is 23.5. The van der Waals surface area contributed by atoms with Crippen molar-refractivity contribution in [3.05, 3.63) is 60.3 Å². The maximum atomic E-state index is 2.52. The Morgan fingerprint density at radius 3 is 1.14 bits per heavy atom. The molecule has 0 bridgehead atoms. The largest absolute Gasteiger partial charge is 0.384 e. The first-order chi connectivity index (χ1) is 25.3. The molecule has 0 unspecified atom stereocenters. The molecule has 0 aromatic rings. The van der Waals surface area contributed by atoms with E-state index in [2.05, 4.69) is 80.2 Å². The summed E-state index contributed by atoms with van der Waals surface area (Å²) >= 11 is 0. The van der Waals surface area contributed by atoms with E-state index in [1.807, 2.05) is 0 Å². The highest BCUT2D eigenvalue weighted by Crippen LogP contribution is 2.20. The van der Waals surface area contributed by atoms with Gasteiger partial charge in [-0.3, -0.25) is 0 Å². The molecule has 0 amide bonds. The van der Waals surface area contributed by atoms with Crippen molar-refractivity contribution >= 4 is 6.85 Å². The van der Waals surface area contributed by atoms with Crippen LogP contribution in [0.3, 0.4) is 0 Å². The third-order valence-corrected chi connectivity index (χ3v) is 11.0. The van der Waals surface area contributed by atoms with Crippen LogP contribution in [0.4, 0.5) is 0 Å². The van der Waals surface area contributed by atoms with Crippen LogP contribution in [-0.4, -0.2) is 11.7 Å². The number of unbranched alkanes of at least 4 members (excludes halogenated alkanes) is 33. The minimum Gasteiger partial charge on any atom is -0.384 e. The summed E-state index contributed by atoms with van der Waals surface area (Å²) in [4.78, 5) is 2.52. The Labute approximate surface area is 322 Å². The van der Waals surface area contributed by atoms with Gasteiger partial charge >= 0.3 is 6.85 Å². The predicted molar refractivity (Wildman–Crippen MR) is 235 cm³/mol. The van der Waals surface area contributed by atoms with Gasteiger partial charge in [-0.05, 0) is 56.9 Å². The number of hydrogen-bond acceptors (Lipinski definition) is 1. The van der Waals surface area contributed by atoms with Crippen molar-refractivity contribution in [3.8, 4) is 0 Å². The summed E-state index contributed by atoms with van der Waals surface area (Å²) in [6.07, 6.45) is 67.0. The number of hydrogen-bond donors (Lipinski definition) is 0. The molecule has 0 spiro atoms. The van der Waals surface area contributed by atoms with Gasteiger partial charge in [0, 0.05) is 5.70 Å². The first-order valence-corrected chi connectivity index (χ1v) is 23.5. The highest BCUT2D eigenvalue weighted by Gasteiger charge is 2.19. The third-order valence-electron chi connectivity index (χ3n) is 11.0. The van der Waals surface area contributed by atoms with Crippen LogP contribution in [-0.2, 0) is 0 Å². The molecule has 0 N–H and O–H groups in total. The van der Waals surface area contributed by atoms with Crippen molar-refractivity contribution in [2.75, 3.05) is 0 Å². The van der Waals surface area contributed by atoms with Crippen LogP contribution in [0.5, 0.6) is 0 Å². The summed E-state index contributed by atoms with van der Waals surface area (Å²) in [7, 11) is 0. The molecular weight excluding hydrogens is 613 g/mol. The summed E-state index contributed by atoms with van der Waals surface area (Å²) in [6, 6.07) is 0. The fourth-order valence-corrected chi connectivity index (χ4v) is 7.51. The first kappa shape index (κ1) is 47.6. The summed E-state index contributed by atoms with van der Waals surface area (Å²) in [5.74, 6) is 4.84. The molecular formula is C49H90BN. The minimum atomic E-state index is 0.331. The lowest BCUT2D eigenvalue weighted by Gasteiger charge is -2.28. The van der Waals surface area contributed by atoms with Gasteiger partial charge in [-0.2, -0.15) is 0 Å². The normalized spacial score (nSPS) is 13.6. The topological polar surface area (TPSA) is 3.24 Å². The molecule has 0 aromatic carbocycles. The molecule has 0 aromatic heterocycles. The SMILES string of the molecule is CCCCCCCCCCCCC/C=C/B1C=CC=C(/C=C/CCCCCCCCCCCCC)N1/C=C/CCCCCCCCCCCCC. The monoisotopic (exact) mass is 704 g/mol. The molecule has 1 aliphatic heterocycles.